The topological polar surface area (TPSA) is 60.7 Å². The molecule has 2 aromatic heterocycles. The summed E-state index contributed by atoms with van der Waals surface area (Å²) < 4.78 is 1.12. The summed E-state index contributed by atoms with van der Waals surface area (Å²) >= 11 is 11.4. The van der Waals surface area contributed by atoms with Crippen molar-refractivity contribution in [2.45, 2.75) is 6.92 Å². The van der Waals surface area contributed by atoms with E-state index in [9.17, 15) is 4.79 Å². The van der Waals surface area contributed by atoms with Crippen molar-refractivity contribution in [3.05, 3.63) is 16.6 Å². The van der Waals surface area contributed by atoms with E-state index < -0.39 is 0 Å². The van der Waals surface area contributed by atoms with E-state index in [-0.39, 0.29) is 16.3 Å². The summed E-state index contributed by atoms with van der Waals surface area (Å²) in [5.41, 5.74) is 0.322. The first-order valence-electron chi connectivity index (χ1n) is 3.67. The number of carbonyl (C=O) groups excluding carboxylic acids is 1. The normalized spacial score (nSPS) is 10.8. The molecule has 14 heavy (non-hydrogen) atoms. The predicted octanol–water partition coefficient (Wildman–Crippen LogP) is 1.79. The third-order valence-corrected chi connectivity index (χ3v) is 2.11. The van der Waals surface area contributed by atoms with Crippen molar-refractivity contribution < 1.29 is 4.79 Å². The molecule has 0 bridgehead atoms. The third-order valence-electron chi connectivity index (χ3n) is 1.65. The minimum Gasteiger partial charge on any atom is -0.273 e. The zero-order valence-corrected chi connectivity index (χ0v) is 8.54. The van der Waals surface area contributed by atoms with Gasteiger partial charge >= 0.3 is 0 Å². The van der Waals surface area contributed by atoms with Crippen molar-refractivity contribution >= 4 is 40.1 Å². The fourth-order valence-electron chi connectivity index (χ4n) is 1.08. The lowest BCUT2D eigenvalue weighted by Crippen LogP contribution is -2.08. The van der Waals surface area contributed by atoms with E-state index in [1.54, 1.807) is 0 Å². The van der Waals surface area contributed by atoms with Crippen LogP contribution in [-0.4, -0.2) is 25.7 Å². The van der Waals surface area contributed by atoms with Gasteiger partial charge in [0.25, 0.3) is 0 Å². The number of fused-ring (bicyclic) bond motifs is 1. The van der Waals surface area contributed by atoms with Crippen LogP contribution in [0.1, 0.15) is 11.7 Å². The number of hydrogen-bond donors (Lipinski definition) is 0. The molecule has 0 aromatic carbocycles. The number of halogens is 2. The minimum atomic E-state index is -0.258. The molecule has 5 nitrogen and oxygen atoms in total. The summed E-state index contributed by atoms with van der Waals surface area (Å²) in [7, 11) is 0. The Bertz CT molecular complexity index is 522. The lowest BCUT2D eigenvalue weighted by molar-refractivity contribution is 0.0926. The van der Waals surface area contributed by atoms with Crippen LogP contribution in [0.4, 0.5) is 0 Å². The van der Waals surface area contributed by atoms with Crippen LogP contribution in [0, 0.1) is 0 Å². The van der Waals surface area contributed by atoms with Crippen molar-refractivity contribution in [1.29, 1.82) is 0 Å². The van der Waals surface area contributed by atoms with Crippen LogP contribution >= 0.6 is 23.2 Å². The predicted molar refractivity (Wildman–Crippen MR) is 51.6 cm³/mol. The van der Waals surface area contributed by atoms with E-state index in [1.807, 2.05) is 0 Å². The lowest BCUT2D eigenvalue weighted by atomic mass is 10.4. The molecule has 0 saturated carbocycles. The van der Waals surface area contributed by atoms with Crippen molar-refractivity contribution in [1.82, 2.24) is 19.7 Å². The monoisotopic (exact) mass is 230 g/mol. The summed E-state index contributed by atoms with van der Waals surface area (Å²) in [5, 5.41) is 4.50. The van der Waals surface area contributed by atoms with Crippen LogP contribution < -0.4 is 0 Å². The van der Waals surface area contributed by atoms with Gasteiger partial charge in [-0.25, -0.2) is 4.98 Å². The first kappa shape index (κ1) is 9.36. The highest BCUT2D eigenvalue weighted by Crippen LogP contribution is 2.21. The maximum atomic E-state index is 11.1. The molecule has 0 saturated heterocycles. The first-order chi connectivity index (χ1) is 6.59. The average molecular weight is 231 g/mol. The maximum Gasteiger partial charge on any atom is 0.245 e. The largest absolute Gasteiger partial charge is 0.273 e. The van der Waals surface area contributed by atoms with Gasteiger partial charge in [0.15, 0.2) is 5.65 Å². The first-order valence-corrected chi connectivity index (χ1v) is 4.43. The Morgan fingerprint density at radius 1 is 1.43 bits per heavy atom. The molecular formula is C7H4Cl2N4O. The number of carbonyl (C=O) groups is 1. The summed E-state index contributed by atoms with van der Waals surface area (Å²) in [4.78, 5) is 18.7. The standard InChI is InChI=1S/C7H4Cl2N4O/c1-3(14)13-6-4(2-10-13)5(8)11-7(9)12-6/h2H,1H3. The van der Waals surface area contributed by atoms with E-state index >= 15 is 0 Å². The highest BCUT2D eigenvalue weighted by atomic mass is 35.5. The summed E-state index contributed by atoms with van der Waals surface area (Å²) in [5.74, 6) is -0.258. The van der Waals surface area contributed by atoms with Gasteiger partial charge in [-0.1, -0.05) is 11.6 Å². The molecule has 0 aliphatic rings. The summed E-state index contributed by atoms with van der Waals surface area (Å²) in [6, 6.07) is 0. The van der Waals surface area contributed by atoms with Gasteiger partial charge in [0.2, 0.25) is 11.2 Å². The molecule has 0 fully saturated rings. The molecule has 2 aromatic rings. The highest BCUT2D eigenvalue weighted by Gasteiger charge is 2.12. The summed E-state index contributed by atoms with van der Waals surface area (Å²) in [6.45, 7) is 1.37. The van der Waals surface area contributed by atoms with E-state index in [1.165, 1.54) is 13.1 Å². The Morgan fingerprint density at radius 2 is 2.14 bits per heavy atom. The number of aromatic nitrogens is 4. The van der Waals surface area contributed by atoms with Gasteiger partial charge < -0.3 is 0 Å². The minimum absolute atomic E-state index is 0.00880. The van der Waals surface area contributed by atoms with Crippen LogP contribution in [-0.2, 0) is 0 Å². The zero-order valence-electron chi connectivity index (χ0n) is 7.03. The fourth-order valence-corrected chi connectivity index (χ4v) is 1.50. The Morgan fingerprint density at radius 3 is 2.79 bits per heavy atom. The Labute approximate surface area is 88.7 Å². The van der Waals surface area contributed by atoms with Crippen LogP contribution in [0.15, 0.2) is 6.20 Å². The second kappa shape index (κ2) is 3.18. The third kappa shape index (κ3) is 1.34. The van der Waals surface area contributed by atoms with E-state index in [2.05, 4.69) is 15.1 Å². The maximum absolute atomic E-state index is 11.1. The van der Waals surface area contributed by atoms with Crippen LogP contribution in [0.2, 0.25) is 10.4 Å². The Hall–Kier alpha value is -1.20. The Kier molecular flexibility index (Phi) is 2.13. The molecule has 2 heterocycles. The fraction of sp³-hybridized carbons (Fsp3) is 0.143. The molecule has 0 atom stereocenters. The van der Waals surface area contributed by atoms with Gasteiger partial charge in [-0.05, 0) is 11.6 Å². The van der Waals surface area contributed by atoms with E-state index in [0.29, 0.717) is 11.0 Å². The second-order valence-corrected chi connectivity index (χ2v) is 3.29. The van der Waals surface area contributed by atoms with Crippen molar-refractivity contribution in [2.75, 3.05) is 0 Å². The van der Waals surface area contributed by atoms with Crippen LogP contribution in [0.3, 0.4) is 0 Å². The van der Waals surface area contributed by atoms with Gasteiger partial charge in [0.1, 0.15) is 5.15 Å². The van der Waals surface area contributed by atoms with Crippen molar-refractivity contribution in [2.24, 2.45) is 0 Å². The van der Waals surface area contributed by atoms with Crippen molar-refractivity contribution in [3.63, 3.8) is 0 Å². The smallest absolute Gasteiger partial charge is 0.245 e. The molecule has 0 unspecified atom stereocenters. The van der Waals surface area contributed by atoms with Gasteiger partial charge in [0.05, 0.1) is 11.6 Å². The molecular weight excluding hydrogens is 227 g/mol. The van der Waals surface area contributed by atoms with Crippen molar-refractivity contribution in [3.8, 4) is 0 Å². The van der Waals surface area contributed by atoms with E-state index in [4.69, 9.17) is 23.2 Å². The molecule has 7 heteroatoms. The summed E-state index contributed by atoms with van der Waals surface area (Å²) in [6.07, 6.45) is 1.43. The van der Waals surface area contributed by atoms with Gasteiger partial charge in [-0.3, -0.25) is 4.79 Å². The molecule has 0 aliphatic heterocycles. The highest BCUT2D eigenvalue weighted by molar-refractivity contribution is 6.35. The molecule has 0 radical (unpaired) electrons. The molecule has 0 amide bonds. The molecule has 0 N–H and O–H groups in total. The Balaban J connectivity index is 2.85. The van der Waals surface area contributed by atoms with Gasteiger partial charge in [-0.15, -0.1) is 0 Å². The quantitative estimate of drug-likeness (QED) is 0.512. The second-order valence-electron chi connectivity index (χ2n) is 2.60. The SMILES string of the molecule is CC(=O)n1ncc2c(Cl)nc(Cl)nc21. The molecule has 2 rings (SSSR count). The number of nitrogens with zero attached hydrogens (tertiary/aromatic N) is 4. The molecule has 0 aliphatic carbocycles. The molecule has 72 valence electrons. The van der Waals surface area contributed by atoms with Crippen LogP contribution in [0.5, 0.6) is 0 Å². The number of rotatable bonds is 0. The average Bonchev–Trinajstić information content (AvgIpc) is 2.47. The number of hydrogen-bond acceptors (Lipinski definition) is 4. The zero-order chi connectivity index (χ0) is 10.3. The molecule has 0 spiro atoms. The van der Waals surface area contributed by atoms with E-state index in [0.717, 1.165) is 4.68 Å². The van der Waals surface area contributed by atoms with Gasteiger partial charge in [0, 0.05) is 6.92 Å². The lowest BCUT2D eigenvalue weighted by Gasteiger charge is -1.96. The van der Waals surface area contributed by atoms with Gasteiger partial charge in [-0.2, -0.15) is 14.8 Å². The van der Waals surface area contributed by atoms with Crippen LogP contribution in [0.25, 0.3) is 11.0 Å².